The number of rotatable bonds is 6. The number of nitro benzene ring substituents is 1. The summed E-state index contributed by atoms with van der Waals surface area (Å²) in [5.41, 5.74) is -0.478. The minimum atomic E-state index is -0.650. The second-order valence-corrected chi connectivity index (χ2v) is 3.68. The van der Waals surface area contributed by atoms with Crippen molar-refractivity contribution in [1.82, 2.24) is 5.32 Å². The maximum absolute atomic E-state index is 11.5. The standard InChI is InChI=1S/C11H15N3O4/c1-12-7-3-6-10(16)13-11-8(14(17)18)4-2-5-9(11)15/h2,4-5,12,15H,3,6-7H2,1H3,(H,13,16). The second kappa shape index (κ2) is 6.55. The molecule has 1 amide bonds. The van der Waals surface area contributed by atoms with Crippen LogP contribution in [0.4, 0.5) is 11.4 Å². The predicted molar refractivity (Wildman–Crippen MR) is 66.6 cm³/mol. The maximum Gasteiger partial charge on any atom is 0.296 e. The van der Waals surface area contributed by atoms with Crippen LogP contribution in [-0.2, 0) is 4.79 Å². The van der Waals surface area contributed by atoms with E-state index in [1.165, 1.54) is 18.2 Å². The van der Waals surface area contributed by atoms with Crippen molar-refractivity contribution >= 4 is 17.3 Å². The summed E-state index contributed by atoms with van der Waals surface area (Å²) in [7, 11) is 1.77. The third-order valence-electron chi connectivity index (χ3n) is 2.31. The Hall–Kier alpha value is -2.15. The fraction of sp³-hybridized carbons (Fsp3) is 0.364. The number of carbonyl (C=O) groups excluding carboxylic acids is 1. The number of hydrogen-bond acceptors (Lipinski definition) is 5. The molecule has 3 N–H and O–H groups in total. The van der Waals surface area contributed by atoms with Gasteiger partial charge in [-0.05, 0) is 26.1 Å². The summed E-state index contributed by atoms with van der Waals surface area (Å²) in [4.78, 5) is 21.6. The van der Waals surface area contributed by atoms with Crippen molar-refractivity contribution in [3.8, 4) is 5.75 Å². The van der Waals surface area contributed by atoms with Crippen LogP contribution in [0, 0.1) is 10.1 Å². The molecule has 0 saturated carbocycles. The van der Waals surface area contributed by atoms with Gasteiger partial charge in [0.15, 0.2) is 5.69 Å². The van der Waals surface area contributed by atoms with E-state index < -0.39 is 4.92 Å². The van der Waals surface area contributed by atoms with Crippen LogP contribution in [0.15, 0.2) is 18.2 Å². The third kappa shape index (κ3) is 3.70. The largest absolute Gasteiger partial charge is 0.505 e. The SMILES string of the molecule is CNCCCC(=O)Nc1c(O)cccc1[N+](=O)[O-]. The lowest BCUT2D eigenvalue weighted by Gasteiger charge is -2.07. The second-order valence-electron chi connectivity index (χ2n) is 3.68. The van der Waals surface area contributed by atoms with Gasteiger partial charge in [0.05, 0.1) is 4.92 Å². The Kier molecular flexibility index (Phi) is 5.06. The number of anilines is 1. The summed E-state index contributed by atoms with van der Waals surface area (Å²) in [6.07, 6.45) is 0.843. The number of para-hydroxylation sites is 1. The summed E-state index contributed by atoms with van der Waals surface area (Å²) in [6, 6.07) is 3.86. The fourth-order valence-electron chi connectivity index (χ4n) is 1.44. The van der Waals surface area contributed by atoms with E-state index in [4.69, 9.17) is 0 Å². The number of hydrogen-bond donors (Lipinski definition) is 3. The van der Waals surface area contributed by atoms with Gasteiger partial charge in [0.25, 0.3) is 5.69 Å². The van der Waals surface area contributed by atoms with Crippen LogP contribution < -0.4 is 10.6 Å². The highest BCUT2D eigenvalue weighted by atomic mass is 16.6. The summed E-state index contributed by atoms with van der Waals surface area (Å²) in [5.74, 6) is -0.680. The molecule has 0 aliphatic rings. The quantitative estimate of drug-likeness (QED) is 0.306. The number of amides is 1. The van der Waals surface area contributed by atoms with Gasteiger partial charge in [0, 0.05) is 12.5 Å². The van der Waals surface area contributed by atoms with Crippen molar-refractivity contribution in [3.63, 3.8) is 0 Å². The zero-order chi connectivity index (χ0) is 13.5. The van der Waals surface area contributed by atoms with Gasteiger partial charge in [-0.3, -0.25) is 14.9 Å². The number of aromatic hydroxyl groups is 1. The highest BCUT2D eigenvalue weighted by Gasteiger charge is 2.18. The number of nitro groups is 1. The Morgan fingerprint density at radius 1 is 1.50 bits per heavy atom. The molecular formula is C11H15N3O4. The van der Waals surface area contributed by atoms with Gasteiger partial charge in [-0.25, -0.2) is 0 Å². The van der Waals surface area contributed by atoms with Crippen LogP contribution in [0.5, 0.6) is 5.75 Å². The molecule has 0 radical (unpaired) electrons. The first-order chi connectivity index (χ1) is 8.56. The molecule has 7 nitrogen and oxygen atoms in total. The van der Waals surface area contributed by atoms with Gasteiger partial charge in [0.1, 0.15) is 5.75 Å². The van der Waals surface area contributed by atoms with E-state index in [9.17, 15) is 20.0 Å². The minimum Gasteiger partial charge on any atom is -0.505 e. The molecule has 0 bridgehead atoms. The molecule has 98 valence electrons. The number of nitrogens with zero attached hydrogens (tertiary/aromatic N) is 1. The predicted octanol–water partition coefficient (Wildman–Crippen LogP) is 1.24. The summed E-state index contributed by atoms with van der Waals surface area (Å²) >= 11 is 0. The normalized spacial score (nSPS) is 10.1. The molecule has 7 heteroatoms. The lowest BCUT2D eigenvalue weighted by Crippen LogP contribution is -2.16. The van der Waals surface area contributed by atoms with Gasteiger partial charge in [-0.1, -0.05) is 6.07 Å². The van der Waals surface area contributed by atoms with Crippen LogP contribution >= 0.6 is 0 Å². The Bertz CT molecular complexity index is 448. The summed E-state index contributed by atoms with van der Waals surface area (Å²) in [5, 5.41) is 25.5. The summed E-state index contributed by atoms with van der Waals surface area (Å²) in [6.45, 7) is 0.677. The van der Waals surface area contributed by atoms with Crippen molar-refractivity contribution in [2.75, 3.05) is 18.9 Å². The fourth-order valence-corrected chi connectivity index (χ4v) is 1.44. The average Bonchev–Trinajstić information content (AvgIpc) is 2.31. The first-order valence-corrected chi connectivity index (χ1v) is 5.47. The topological polar surface area (TPSA) is 104 Å². The average molecular weight is 253 g/mol. The number of benzene rings is 1. The molecule has 0 fully saturated rings. The van der Waals surface area contributed by atoms with Crippen molar-refractivity contribution in [2.45, 2.75) is 12.8 Å². The van der Waals surface area contributed by atoms with Crippen LogP contribution in [-0.4, -0.2) is 29.5 Å². The van der Waals surface area contributed by atoms with Crippen LogP contribution in [0.1, 0.15) is 12.8 Å². The highest BCUT2D eigenvalue weighted by molar-refractivity contribution is 5.94. The van der Waals surface area contributed by atoms with Crippen LogP contribution in [0.3, 0.4) is 0 Å². The first-order valence-electron chi connectivity index (χ1n) is 5.47. The van der Waals surface area contributed by atoms with Crippen molar-refractivity contribution in [2.24, 2.45) is 0 Å². The molecule has 0 spiro atoms. The molecule has 0 unspecified atom stereocenters. The van der Waals surface area contributed by atoms with Crippen molar-refractivity contribution in [3.05, 3.63) is 28.3 Å². The van der Waals surface area contributed by atoms with E-state index in [1.807, 2.05) is 0 Å². The van der Waals surface area contributed by atoms with Crippen molar-refractivity contribution < 1.29 is 14.8 Å². The van der Waals surface area contributed by atoms with Crippen LogP contribution in [0.25, 0.3) is 0 Å². The van der Waals surface area contributed by atoms with E-state index >= 15 is 0 Å². The molecule has 0 aliphatic carbocycles. The molecule has 0 heterocycles. The minimum absolute atomic E-state index is 0.156. The Balaban J connectivity index is 2.77. The first kappa shape index (κ1) is 13.9. The number of phenols is 1. The Labute approximate surface area is 104 Å². The monoisotopic (exact) mass is 253 g/mol. The molecule has 1 aromatic rings. The van der Waals surface area contributed by atoms with E-state index in [0.29, 0.717) is 13.0 Å². The van der Waals surface area contributed by atoms with E-state index in [-0.39, 0.29) is 29.5 Å². The third-order valence-corrected chi connectivity index (χ3v) is 2.31. The van der Waals surface area contributed by atoms with Gasteiger partial charge in [0.2, 0.25) is 5.91 Å². The molecule has 0 aromatic heterocycles. The zero-order valence-corrected chi connectivity index (χ0v) is 9.97. The lowest BCUT2D eigenvalue weighted by atomic mass is 10.2. The molecule has 1 rings (SSSR count). The highest BCUT2D eigenvalue weighted by Crippen LogP contribution is 2.33. The van der Waals surface area contributed by atoms with E-state index in [1.54, 1.807) is 7.05 Å². The Morgan fingerprint density at radius 3 is 2.83 bits per heavy atom. The molecule has 1 aromatic carbocycles. The summed E-state index contributed by atoms with van der Waals surface area (Å²) < 4.78 is 0. The van der Waals surface area contributed by atoms with Crippen molar-refractivity contribution in [1.29, 1.82) is 0 Å². The van der Waals surface area contributed by atoms with Gasteiger partial charge < -0.3 is 15.7 Å². The molecule has 18 heavy (non-hydrogen) atoms. The van der Waals surface area contributed by atoms with Gasteiger partial charge in [-0.2, -0.15) is 0 Å². The Morgan fingerprint density at radius 2 is 2.22 bits per heavy atom. The number of carbonyl (C=O) groups is 1. The van der Waals surface area contributed by atoms with E-state index in [0.717, 1.165) is 0 Å². The zero-order valence-electron chi connectivity index (χ0n) is 9.97. The lowest BCUT2D eigenvalue weighted by molar-refractivity contribution is -0.384. The van der Waals surface area contributed by atoms with Gasteiger partial charge in [-0.15, -0.1) is 0 Å². The molecule has 0 aliphatic heterocycles. The number of nitrogens with one attached hydrogen (secondary N) is 2. The molecule has 0 saturated heterocycles. The number of phenolic OH excluding ortho intramolecular Hbond substituents is 1. The molecular weight excluding hydrogens is 238 g/mol. The van der Waals surface area contributed by atoms with E-state index in [2.05, 4.69) is 10.6 Å². The molecule has 0 atom stereocenters. The maximum atomic E-state index is 11.5. The van der Waals surface area contributed by atoms with Gasteiger partial charge >= 0.3 is 0 Å². The van der Waals surface area contributed by atoms with Crippen LogP contribution in [0.2, 0.25) is 0 Å². The smallest absolute Gasteiger partial charge is 0.296 e.